The molecule has 0 saturated carbocycles. The third-order valence-corrected chi connectivity index (χ3v) is 4.67. The average molecular weight is 469 g/mol. The highest BCUT2D eigenvalue weighted by Crippen LogP contribution is 2.29. The summed E-state index contributed by atoms with van der Waals surface area (Å²) in [4.78, 5) is 12.3. The highest BCUT2D eigenvalue weighted by atomic mass is 19.4. The van der Waals surface area contributed by atoms with Gasteiger partial charge in [0, 0.05) is 13.1 Å². The number of para-hydroxylation sites is 1. The van der Waals surface area contributed by atoms with E-state index in [9.17, 15) is 23.1 Å². The molecule has 0 bridgehead atoms. The maximum Gasteiger partial charge on any atom is 0.416 e. The Morgan fingerprint density at radius 1 is 1.03 bits per heavy atom. The lowest BCUT2D eigenvalue weighted by atomic mass is 9.96. The molecule has 9 heteroatoms. The van der Waals surface area contributed by atoms with Crippen LogP contribution in [-0.2, 0) is 17.5 Å². The summed E-state index contributed by atoms with van der Waals surface area (Å²) in [5.74, 6) is 0.557. The summed E-state index contributed by atoms with van der Waals surface area (Å²) in [7, 11) is 0. The van der Waals surface area contributed by atoms with Crippen LogP contribution >= 0.6 is 0 Å². The number of halogens is 3. The van der Waals surface area contributed by atoms with E-state index in [2.05, 4.69) is 10.6 Å². The van der Waals surface area contributed by atoms with Crippen molar-refractivity contribution in [2.45, 2.75) is 57.7 Å². The minimum atomic E-state index is -4.43. The maximum absolute atomic E-state index is 12.9. The third-order valence-electron chi connectivity index (χ3n) is 4.67. The highest BCUT2D eigenvalue weighted by Gasteiger charge is 2.35. The number of hydrogen-bond acceptors (Lipinski definition) is 5. The zero-order valence-electron chi connectivity index (χ0n) is 19.2. The van der Waals surface area contributed by atoms with Crippen molar-refractivity contribution in [3.63, 3.8) is 0 Å². The lowest BCUT2D eigenvalue weighted by molar-refractivity contribution is -0.137. The monoisotopic (exact) mass is 468 g/mol. The van der Waals surface area contributed by atoms with E-state index in [1.54, 1.807) is 51.1 Å². The lowest BCUT2D eigenvalue weighted by Gasteiger charge is -2.34. The number of carbonyl (C=O) groups excluding carboxylic acids is 1. The predicted molar refractivity (Wildman–Crippen MR) is 119 cm³/mol. The van der Waals surface area contributed by atoms with Crippen molar-refractivity contribution in [1.29, 1.82) is 0 Å². The molecule has 1 amide bonds. The van der Waals surface area contributed by atoms with Gasteiger partial charge in [0.15, 0.2) is 0 Å². The van der Waals surface area contributed by atoms with Crippen LogP contribution in [0.3, 0.4) is 0 Å². The van der Waals surface area contributed by atoms with Gasteiger partial charge in [0.2, 0.25) is 0 Å². The fraction of sp³-hybridized carbons (Fsp3) is 0.458. The molecule has 0 saturated heterocycles. The fourth-order valence-electron chi connectivity index (χ4n) is 2.96. The van der Waals surface area contributed by atoms with E-state index < -0.39 is 35.1 Å². The largest absolute Gasteiger partial charge is 0.491 e. The van der Waals surface area contributed by atoms with Crippen LogP contribution in [0.15, 0.2) is 54.6 Å². The Labute approximate surface area is 192 Å². The second-order valence-corrected chi connectivity index (χ2v) is 8.98. The summed E-state index contributed by atoms with van der Waals surface area (Å²) in [6, 6.07) is 13.0. The van der Waals surface area contributed by atoms with Crippen LogP contribution < -0.4 is 15.4 Å². The molecule has 0 aromatic heterocycles. The smallest absolute Gasteiger partial charge is 0.416 e. The summed E-state index contributed by atoms with van der Waals surface area (Å²) in [5, 5.41) is 16.7. The van der Waals surface area contributed by atoms with Gasteiger partial charge in [-0.1, -0.05) is 36.4 Å². The number of ether oxygens (including phenoxy) is 2. The van der Waals surface area contributed by atoms with E-state index in [1.807, 2.05) is 6.07 Å². The van der Waals surface area contributed by atoms with Crippen molar-refractivity contribution in [3.8, 4) is 5.75 Å². The van der Waals surface area contributed by atoms with Gasteiger partial charge in [0.05, 0.1) is 17.2 Å². The molecule has 6 nitrogen and oxygen atoms in total. The maximum atomic E-state index is 12.9. The van der Waals surface area contributed by atoms with Crippen molar-refractivity contribution in [3.05, 3.63) is 65.7 Å². The Bertz CT molecular complexity index is 897. The zero-order valence-corrected chi connectivity index (χ0v) is 19.2. The Kier molecular flexibility index (Phi) is 8.74. The Morgan fingerprint density at radius 3 is 2.30 bits per heavy atom. The van der Waals surface area contributed by atoms with Gasteiger partial charge in [0.1, 0.15) is 18.0 Å². The number of carbonyl (C=O) groups is 1. The minimum Gasteiger partial charge on any atom is -0.491 e. The first-order valence-electron chi connectivity index (χ1n) is 10.5. The fourth-order valence-corrected chi connectivity index (χ4v) is 2.96. The van der Waals surface area contributed by atoms with E-state index >= 15 is 0 Å². The number of aliphatic hydroxyl groups is 1. The number of hydrogen-bond donors (Lipinski definition) is 3. The first-order valence-corrected chi connectivity index (χ1v) is 10.5. The molecule has 0 radical (unpaired) electrons. The highest BCUT2D eigenvalue weighted by molar-refractivity contribution is 5.68. The van der Waals surface area contributed by atoms with E-state index in [1.165, 1.54) is 13.0 Å². The molecule has 0 aliphatic heterocycles. The van der Waals surface area contributed by atoms with Gasteiger partial charge in [-0.15, -0.1) is 0 Å². The van der Waals surface area contributed by atoms with E-state index in [4.69, 9.17) is 9.47 Å². The van der Waals surface area contributed by atoms with Crippen LogP contribution in [0, 0.1) is 0 Å². The predicted octanol–water partition coefficient (Wildman–Crippen LogP) is 4.52. The van der Waals surface area contributed by atoms with Gasteiger partial charge in [-0.3, -0.25) is 0 Å². The first-order chi connectivity index (χ1) is 15.3. The van der Waals surface area contributed by atoms with Gasteiger partial charge < -0.3 is 25.2 Å². The van der Waals surface area contributed by atoms with E-state index in [-0.39, 0.29) is 19.7 Å². The molecule has 182 valence electrons. The normalized spacial score (nSPS) is 14.8. The van der Waals surface area contributed by atoms with Crippen LogP contribution in [0.25, 0.3) is 0 Å². The molecule has 2 rings (SSSR count). The molecule has 0 fully saturated rings. The van der Waals surface area contributed by atoms with Gasteiger partial charge in [-0.05, 0) is 51.5 Å². The third kappa shape index (κ3) is 9.31. The minimum absolute atomic E-state index is 0.0259. The molecule has 2 atom stereocenters. The number of alkyl halides is 3. The van der Waals surface area contributed by atoms with Crippen molar-refractivity contribution in [1.82, 2.24) is 10.6 Å². The summed E-state index contributed by atoms with van der Waals surface area (Å²) in [5.41, 5.74) is -2.57. The molecule has 0 aliphatic carbocycles. The molecule has 1 unspecified atom stereocenters. The van der Waals surface area contributed by atoms with Crippen molar-refractivity contribution >= 4 is 6.09 Å². The molecule has 2 aromatic carbocycles. The number of nitrogens with one attached hydrogen (secondary N) is 2. The Morgan fingerprint density at radius 2 is 1.70 bits per heavy atom. The van der Waals surface area contributed by atoms with Crippen LogP contribution in [0.4, 0.5) is 18.0 Å². The average Bonchev–Trinajstić information content (AvgIpc) is 2.70. The molecular weight excluding hydrogens is 437 g/mol. The standard InChI is InChI=1S/C24H31F3N2O4/c1-22(2,3)33-21(30)29-20(15-32-19-11-6-5-7-12-19)23(4,31)16-28-14-17-9-8-10-18(13-17)24(25,26)27/h5-13,20,28,31H,14-16H2,1-4H3,(H,29,30)/t20-,23?/m0/s1. The van der Waals surface area contributed by atoms with Crippen molar-refractivity contribution in [2.24, 2.45) is 0 Å². The number of rotatable bonds is 9. The van der Waals surface area contributed by atoms with Gasteiger partial charge in [-0.2, -0.15) is 13.2 Å². The molecule has 0 heterocycles. The van der Waals surface area contributed by atoms with Gasteiger partial charge in [-0.25, -0.2) is 4.79 Å². The number of benzene rings is 2. The topological polar surface area (TPSA) is 79.8 Å². The number of amides is 1. The van der Waals surface area contributed by atoms with E-state index in [0.717, 1.165) is 12.1 Å². The lowest BCUT2D eigenvalue weighted by Crippen LogP contribution is -2.58. The zero-order chi connectivity index (χ0) is 24.7. The van der Waals surface area contributed by atoms with Crippen molar-refractivity contribution < 1.29 is 32.5 Å². The summed E-state index contributed by atoms with van der Waals surface area (Å²) in [6.45, 7) is 6.68. The number of alkyl carbamates (subject to hydrolysis) is 1. The molecular formula is C24H31F3N2O4. The SMILES string of the molecule is CC(C)(C)OC(=O)N[C@@H](COc1ccccc1)C(C)(O)CNCc1cccc(C(F)(F)F)c1. The summed E-state index contributed by atoms with van der Waals surface area (Å²) < 4.78 is 49.8. The second-order valence-electron chi connectivity index (χ2n) is 8.98. The van der Waals surface area contributed by atoms with E-state index in [0.29, 0.717) is 11.3 Å². The molecule has 2 aromatic rings. The van der Waals surface area contributed by atoms with Crippen molar-refractivity contribution in [2.75, 3.05) is 13.2 Å². The molecule has 0 aliphatic rings. The second kappa shape index (κ2) is 10.9. The summed E-state index contributed by atoms with van der Waals surface area (Å²) in [6.07, 6.45) is -5.15. The van der Waals surface area contributed by atoms with Crippen LogP contribution in [0.2, 0.25) is 0 Å². The summed E-state index contributed by atoms with van der Waals surface area (Å²) >= 11 is 0. The molecule has 33 heavy (non-hydrogen) atoms. The van der Waals surface area contributed by atoms with Crippen LogP contribution in [-0.4, -0.2) is 41.6 Å². The quantitative estimate of drug-likeness (QED) is 0.504. The first kappa shape index (κ1) is 26.5. The Hall–Kier alpha value is -2.78. The van der Waals surface area contributed by atoms with Crippen LogP contribution in [0.1, 0.15) is 38.8 Å². The van der Waals surface area contributed by atoms with Gasteiger partial charge in [0.25, 0.3) is 0 Å². The van der Waals surface area contributed by atoms with Gasteiger partial charge >= 0.3 is 12.3 Å². The van der Waals surface area contributed by atoms with Crippen LogP contribution in [0.5, 0.6) is 5.75 Å². The Balaban J connectivity index is 2.05. The molecule has 0 spiro atoms. The molecule has 3 N–H and O–H groups in total.